The second-order valence-corrected chi connectivity index (χ2v) is 3.01. The van der Waals surface area contributed by atoms with Crippen LogP contribution in [0.15, 0.2) is 24.3 Å². The maximum Gasteiger partial charge on any atom is 0.307 e. The second kappa shape index (κ2) is 5.26. The molecule has 4 heteroatoms. The number of carbonyl (C=O) groups is 1. The molecule has 0 radical (unpaired) electrons. The van der Waals surface area contributed by atoms with Gasteiger partial charge in [0.05, 0.1) is 13.0 Å². The quantitative estimate of drug-likeness (QED) is 0.790. The molecule has 0 bridgehead atoms. The molecule has 0 amide bonds. The number of halogens is 1. The summed E-state index contributed by atoms with van der Waals surface area (Å²) in [6.45, 7) is -0.106. The number of carboxylic acid groups (broad SMARTS) is 1. The summed E-state index contributed by atoms with van der Waals surface area (Å²) in [6, 6.07) is 4.19. The van der Waals surface area contributed by atoms with E-state index in [1.807, 2.05) is 0 Å². The van der Waals surface area contributed by atoms with Gasteiger partial charge in [0.25, 0.3) is 0 Å². The van der Waals surface area contributed by atoms with Gasteiger partial charge >= 0.3 is 5.97 Å². The first kappa shape index (κ1) is 11.4. The molecule has 2 N–H and O–H groups in total. The van der Waals surface area contributed by atoms with Crippen LogP contribution in [0.25, 0.3) is 6.08 Å². The molecule has 1 aromatic carbocycles. The van der Waals surface area contributed by atoms with Crippen molar-refractivity contribution in [2.45, 2.75) is 6.42 Å². The molecule has 15 heavy (non-hydrogen) atoms. The van der Waals surface area contributed by atoms with Gasteiger partial charge in [0.2, 0.25) is 0 Å². The molecule has 1 rings (SSSR count). The Kier molecular flexibility index (Phi) is 4.00. The van der Waals surface area contributed by atoms with Crippen molar-refractivity contribution >= 4 is 12.0 Å². The summed E-state index contributed by atoms with van der Waals surface area (Å²) in [7, 11) is 0. The lowest BCUT2D eigenvalue weighted by Gasteiger charge is -2.01. The van der Waals surface area contributed by atoms with Crippen LogP contribution in [0, 0.1) is 5.82 Å². The van der Waals surface area contributed by atoms with Crippen molar-refractivity contribution in [1.29, 1.82) is 0 Å². The Morgan fingerprint density at radius 2 is 2.20 bits per heavy atom. The van der Waals surface area contributed by atoms with Gasteiger partial charge < -0.3 is 10.2 Å². The highest BCUT2D eigenvalue weighted by Crippen LogP contribution is 2.12. The van der Waals surface area contributed by atoms with Gasteiger partial charge in [-0.1, -0.05) is 18.2 Å². The first-order valence-electron chi connectivity index (χ1n) is 4.41. The van der Waals surface area contributed by atoms with E-state index in [2.05, 4.69) is 0 Å². The molecule has 80 valence electrons. The summed E-state index contributed by atoms with van der Waals surface area (Å²) in [5, 5.41) is 17.1. The number of hydrogen-bond acceptors (Lipinski definition) is 2. The van der Waals surface area contributed by atoms with Crippen molar-refractivity contribution in [1.82, 2.24) is 0 Å². The van der Waals surface area contributed by atoms with Crippen LogP contribution in [0.4, 0.5) is 4.39 Å². The molecule has 0 aliphatic carbocycles. The minimum Gasteiger partial charge on any atom is -0.481 e. The first-order chi connectivity index (χ1) is 7.13. The molecule has 0 saturated heterocycles. The van der Waals surface area contributed by atoms with Crippen LogP contribution in [0.3, 0.4) is 0 Å². The van der Waals surface area contributed by atoms with E-state index in [0.29, 0.717) is 5.56 Å². The fourth-order valence-corrected chi connectivity index (χ4v) is 1.19. The number of aliphatic hydroxyl groups is 1. The summed E-state index contributed by atoms with van der Waals surface area (Å²) in [6.07, 6.45) is 2.76. The zero-order valence-corrected chi connectivity index (χ0v) is 7.98. The van der Waals surface area contributed by atoms with Crippen molar-refractivity contribution in [3.05, 3.63) is 41.2 Å². The zero-order chi connectivity index (χ0) is 11.3. The monoisotopic (exact) mass is 210 g/mol. The average Bonchev–Trinajstić information content (AvgIpc) is 2.18. The molecule has 1 aromatic rings. The van der Waals surface area contributed by atoms with Gasteiger partial charge in [-0.15, -0.1) is 0 Å². The smallest absolute Gasteiger partial charge is 0.307 e. The Labute approximate surface area is 86.5 Å². The number of rotatable bonds is 4. The summed E-state index contributed by atoms with van der Waals surface area (Å²) < 4.78 is 13.1. The lowest BCUT2D eigenvalue weighted by molar-refractivity contribution is -0.136. The third kappa shape index (κ3) is 3.52. The van der Waals surface area contributed by atoms with Crippen LogP contribution in [-0.2, 0) is 11.2 Å². The Bertz CT molecular complexity index is 385. The standard InChI is InChI=1S/C11H11FO3/c12-10-4-3-8(2-1-5-13)6-9(10)7-11(14)15/h1-4,6,13H,5,7H2,(H,14,15). The molecular weight excluding hydrogens is 199 g/mol. The molecule has 0 heterocycles. The predicted molar refractivity (Wildman–Crippen MR) is 53.9 cm³/mol. The maximum atomic E-state index is 13.1. The fourth-order valence-electron chi connectivity index (χ4n) is 1.19. The Hall–Kier alpha value is -1.68. The van der Waals surface area contributed by atoms with Crippen LogP contribution >= 0.6 is 0 Å². The molecule has 0 atom stereocenters. The third-order valence-electron chi connectivity index (χ3n) is 1.83. The van der Waals surface area contributed by atoms with E-state index in [1.165, 1.54) is 24.3 Å². The normalized spacial score (nSPS) is 10.8. The van der Waals surface area contributed by atoms with E-state index in [-0.39, 0.29) is 18.6 Å². The van der Waals surface area contributed by atoms with E-state index in [0.717, 1.165) is 0 Å². The summed E-state index contributed by atoms with van der Waals surface area (Å²) in [5.74, 6) is -1.60. The highest BCUT2D eigenvalue weighted by molar-refractivity contribution is 5.70. The van der Waals surface area contributed by atoms with Gasteiger partial charge in [-0.25, -0.2) is 4.39 Å². The summed E-state index contributed by atoms with van der Waals surface area (Å²) in [4.78, 5) is 10.4. The average molecular weight is 210 g/mol. The second-order valence-electron chi connectivity index (χ2n) is 3.01. The van der Waals surface area contributed by atoms with Crippen molar-refractivity contribution in [3.63, 3.8) is 0 Å². The summed E-state index contributed by atoms with van der Waals surface area (Å²) >= 11 is 0. The van der Waals surface area contributed by atoms with E-state index in [1.54, 1.807) is 6.08 Å². The number of hydrogen-bond donors (Lipinski definition) is 2. The van der Waals surface area contributed by atoms with Crippen LogP contribution < -0.4 is 0 Å². The van der Waals surface area contributed by atoms with Gasteiger partial charge in [0.1, 0.15) is 5.82 Å². The Morgan fingerprint density at radius 3 is 2.80 bits per heavy atom. The number of carboxylic acids is 1. The first-order valence-corrected chi connectivity index (χ1v) is 4.41. The Balaban J connectivity index is 2.94. The van der Waals surface area contributed by atoms with Gasteiger partial charge in [-0.3, -0.25) is 4.79 Å². The van der Waals surface area contributed by atoms with Gasteiger partial charge in [0.15, 0.2) is 0 Å². The van der Waals surface area contributed by atoms with Crippen LogP contribution in [0.1, 0.15) is 11.1 Å². The molecule has 0 saturated carbocycles. The van der Waals surface area contributed by atoms with Gasteiger partial charge in [-0.05, 0) is 23.3 Å². The maximum absolute atomic E-state index is 13.1. The Morgan fingerprint density at radius 1 is 1.47 bits per heavy atom. The predicted octanol–water partition coefficient (Wildman–Crippen LogP) is 1.46. The van der Waals surface area contributed by atoms with Gasteiger partial charge in [-0.2, -0.15) is 0 Å². The van der Waals surface area contributed by atoms with E-state index < -0.39 is 11.8 Å². The SMILES string of the molecule is O=C(O)Cc1cc(C=CCO)ccc1F. The minimum atomic E-state index is -1.07. The summed E-state index contributed by atoms with van der Waals surface area (Å²) in [5.41, 5.74) is 0.810. The highest BCUT2D eigenvalue weighted by Gasteiger charge is 2.06. The minimum absolute atomic E-state index is 0.106. The molecule has 0 unspecified atom stereocenters. The van der Waals surface area contributed by atoms with Crippen molar-refractivity contribution in [2.24, 2.45) is 0 Å². The molecule has 0 fully saturated rings. The third-order valence-corrected chi connectivity index (χ3v) is 1.83. The van der Waals surface area contributed by atoms with Gasteiger partial charge in [0, 0.05) is 0 Å². The van der Waals surface area contributed by atoms with Crippen molar-refractivity contribution < 1.29 is 19.4 Å². The molecule has 0 spiro atoms. The largest absolute Gasteiger partial charge is 0.481 e. The highest BCUT2D eigenvalue weighted by atomic mass is 19.1. The number of aliphatic carboxylic acids is 1. The fraction of sp³-hybridized carbons (Fsp3) is 0.182. The van der Waals surface area contributed by atoms with Crippen LogP contribution in [0.2, 0.25) is 0 Å². The van der Waals surface area contributed by atoms with Crippen LogP contribution in [0.5, 0.6) is 0 Å². The number of benzene rings is 1. The van der Waals surface area contributed by atoms with Crippen LogP contribution in [-0.4, -0.2) is 22.8 Å². The van der Waals surface area contributed by atoms with Crippen molar-refractivity contribution in [3.8, 4) is 0 Å². The lowest BCUT2D eigenvalue weighted by atomic mass is 10.1. The van der Waals surface area contributed by atoms with E-state index >= 15 is 0 Å². The van der Waals surface area contributed by atoms with E-state index in [4.69, 9.17) is 10.2 Å². The molecule has 0 aliphatic heterocycles. The van der Waals surface area contributed by atoms with E-state index in [9.17, 15) is 9.18 Å². The molecular formula is C11H11FO3. The topological polar surface area (TPSA) is 57.5 Å². The molecule has 0 aromatic heterocycles. The number of aliphatic hydroxyl groups excluding tert-OH is 1. The molecule has 0 aliphatic rings. The van der Waals surface area contributed by atoms with Crippen molar-refractivity contribution in [2.75, 3.05) is 6.61 Å². The lowest BCUT2D eigenvalue weighted by Crippen LogP contribution is -2.02. The zero-order valence-electron chi connectivity index (χ0n) is 7.98. The molecule has 3 nitrogen and oxygen atoms in total.